The summed E-state index contributed by atoms with van der Waals surface area (Å²) in [6.45, 7) is 2.26. The van der Waals surface area contributed by atoms with Crippen molar-refractivity contribution in [3.8, 4) is 0 Å². The van der Waals surface area contributed by atoms with Gasteiger partial charge in [0, 0.05) is 10.6 Å². The van der Waals surface area contributed by atoms with Crippen LogP contribution in [0.1, 0.15) is 84.8 Å². The highest BCUT2D eigenvalue weighted by molar-refractivity contribution is 7.14. The normalized spacial score (nSPS) is 22.0. The van der Waals surface area contributed by atoms with Gasteiger partial charge in [-0.1, -0.05) is 32.6 Å². The molecular weight excluding hydrogens is 304 g/mol. The van der Waals surface area contributed by atoms with Crippen molar-refractivity contribution < 1.29 is 4.79 Å². The van der Waals surface area contributed by atoms with Gasteiger partial charge in [-0.25, -0.2) is 5.43 Å². The van der Waals surface area contributed by atoms with Crippen molar-refractivity contribution >= 4 is 23.0 Å². The minimum atomic E-state index is -0.0213. The lowest BCUT2D eigenvalue weighted by Crippen LogP contribution is -2.19. The number of hydrogen-bond donors (Lipinski definition) is 1. The predicted octanol–water partition coefficient (Wildman–Crippen LogP) is 5.09. The molecule has 1 heterocycles. The van der Waals surface area contributed by atoms with Crippen molar-refractivity contribution in [1.29, 1.82) is 0 Å². The lowest BCUT2D eigenvalue weighted by atomic mass is 9.87. The van der Waals surface area contributed by atoms with Crippen molar-refractivity contribution in [2.75, 3.05) is 0 Å². The average Bonchev–Trinajstić information content (AvgIpc) is 2.96. The van der Waals surface area contributed by atoms with Gasteiger partial charge in [-0.05, 0) is 62.5 Å². The average molecular weight is 333 g/mol. The van der Waals surface area contributed by atoms with E-state index in [-0.39, 0.29) is 5.91 Å². The molecule has 0 saturated heterocycles. The zero-order valence-electron chi connectivity index (χ0n) is 14.2. The van der Waals surface area contributed by atoms with Crippen LogP contribution in [-0.2, 0) is 12.8 Å². The molecule has 0 radical (unpaired) electrons. The fraction of sp³-hybridized carbons (Fsp3) is 0.684. The minimum Gasteiger partial charge on any atom is -0.266 e. The van der Waals surface area contributed by atoms with E-state index < -0.39 is 0 Å². The number of rotatable bonds is 3. The molecule has 1 aromatic rings. The Bertz CT molecular complexity index is 566. The topological polar surface area (TPSA) is 41.5 Å². The number of carbonyl (C=O) groups excluding carboxylic acids is 1. The van der Waals surface area contributed by atoms with E-state index >= 15 is 0 Å². The Labute approximate surface area is 143 Å². The molecule has 1 amide bonds. The van der Waals surface area contributed by atoms with Gasteiger partial charge in [0.2, 0.25) is 0 Å². The molecule has 0 aromatic carbocycles. The number of hydrogen-bond acceptors (Lipinski definition) is 3. The van der Waals surface area contributed by atoms with Crippen LogP contribution in [0.2, 0.25) is 0 Å². The molecule has 3 nitrogen and oxygen atoms in total. The predicted molar refractivity (Wildman–Crippen MR) is 97.3 cm³/mol. The highest BCUT2D eigenvalue weighted by atomic mass is 32.1. The minimum absolute atomic E-state index is 0.0213. The van der Waals surface area contributed by atoms with Crippen LogP contribution in [0.4, 0.5) is 0 Å². The molecule has 1 N–H and O–H groups in total. The summed E-state index contributed by atoms with van der Waals surface area (Å²) in [4.78, 5) is 14.7. The van der Waals surface area contributed by atoms with Gasteiger partial charge in [-0.3, -0.25) is 4.79 Å². The second kappa shape index (κ2) is 8.09. The van der Waals surface area contributed by atoms with Gasteiger partial charge in [0.1, 0.15) is 0 Å². The van der Waals surface area contributed by atoms with E-state index in [0.29, 0.717) is 0 Å². The van der Waals surface area contributed by atoms with Crippen molar-refractivity contribution in [2.24, 2.45) is 11.0 Å². The summed E-state index contributed by atoms with van der Waals surface area (Å²) in [5.74, 6) is 0.773. The molecule has 0 aliphatic heterocycles. The molecular formula is C19H28N2OS. The lowest BCUT2D eigenvalue weighted by molar-refractivity contribution is 0.0958. The van der Waals surface area contributed by atoms with E-state index in [2.05, 4.69) is 23.5 Å². The first-order valence-electron chi connectivity index (χ1n) is 9.23. The van der Waals surface area contributed by atoms with Crippen LogP contribution in [0, 0.1) is 5.92 Å². The van der Waals surface area contributed by atoms with Crippen molar-refractivity contribution in [3.63, 3.8) is 0 Å². The van der Waals surface area contributed by atoms with Crippen LogP contribution >= 0.6 is 11.3 Å². The first-order chi connectivity index (χ1) is 11.3. The van der Waals surface area contributed by atoms with E-state index in [1.54, 1.807) is 11.3 Å². The number of hydrazone groups is 1. The monoisotopic (exact) mass is 332 g/mol. The van der Waals surface area contributed by atoms with Crippen molar-refractivity contribution in [3.05, 3.63) is 21.4 Å². The van der Waals surface area contributed by atoms with Gasteiger partial charge in [-0.15, -0.1) is 11.3 Å². The summed E-state index contributed by atoms with van der Waals surface area (Å²) in [7, 11) is 0. The maximum absolute atomic E-state index is 12.4. The fourth-order valence-electron chi connectivity index (χ4n) is 3.67. The van der Waals surface area contributed by atoms with Gasteiger partial charge >= 0.3 is 0 Å². The van der Waals surface area contributed by atoms with E-state index in [1.807, 2.05) is 0 Å². The zero-order chi connectivity index (χ0) is 16.1. The second-order valence-corrected chi connectivity index (χ2v) is 8.10. The molecule has 23 heavy (non-hydrogen) atoms. The van der Waals surface area contributed by atoms with Gasteiger partial charge in [0.25, 0.3) is 5.91 Å². The molecule has 1 atom stereocenters. The fourth-order valence-corrected chi connectivity index (χ4v) is 4.77. The SMILES string of the molecule is CC[C@H]1CCc2sc(C(=O)NN=C3CCCCCCC3)cc2C1. The summed E-state index contributed by atoms with van der Waals surface area (Å²) >= 11 is 1.67. The number of fused-ring (bicyclic) bond motifs is 1. The number of amides is 1. The number of nitrogens with one attached hydrogen (secondary N) is 1. The summed E-state index contributed by atoms with van der Waals surface area (Å²) in [6, 6.07) is 2.11. The highest BCUT2D eigenvalue weighted by Gasteiger charge is 2.22. The Morgan fingerprint density at radius 2 is 1.96 bits per heavy atom. The van der Waals surface area contributed by atoms with E-state index in [1.165, 1.54) is 61.1 Å². The van der Waals surface area contributed by atoms with E-state index in [9.17, 15) is 4.79 Å². The Morgan fingerprint density at radius 1 is 1.22 bits per heavy atom. The smallest absolute Gasteiger partial charge is 0.266 e. The Morgan fingerprint density at radius 3 is 2.70 bits per heavy atom. The third kappa shape index (κ3) is 4.43. The molecule has 0 bridgehead atoms. The molecule has 1 fully saturated rings. The van der Waals surface area contributed by atoms with Gasteiger partial charge in [-0.2, -0.15) is 5.10 Å². The highest BCUT2D eigenvalue weighted by Crippen LogP contribution is 2.33. The van der Waals surface area contributed by atoms with Gasteiger partial charge < -0.3 is 0 Å². The zero-order valence-corrected chi connectivity index (χ0v) is 15.0. The third-order valence-electron chi connectivity index (χ3n) is 5.23. The Hall–Kier alpha value is -1.16. The first-order valence-corrected chi connectivity index (χ1v) is 10.0. The first kappa shape index (κ1) is 16.7. The van der Waals surface area contributed by atoms with E-state index in [0.717, 1.165) is 36.5 Å². The molecule has 4 heteroatoms. The molecule has 2 aliphatic rings. The summed E-state index contributed by atoms with van der Waals surface area (Å²) in [6.07, 6.45) is 13.2. The Kier molecular flexibility index (Phi) is 5.87. The Balaban J connectivity index is 1.61. The van der Waals surface area contributed by atoms with Crippen LogP contribution in [0.15, 0.2) is 11.2 Å². The lowest BCUT2D eigenvalue weighted by Gasteiger charge is -2.19. The number of thiophene rings is 1. The van der Waals surface area contributed by atoms with Crippen LogP contribution in [-0.4, -0.2) is 11.6 Å². The van der Waals surface area contributed by atoms with Gasteiger partial charge in [0.15, 0.2) is 0 Å². The van der Waals surface area contributed by atoms with Crippen LogP contribution in [0.5, 0.6) is 0 Å². The maximum Gasteiger partial charge on any atom is 0.281 e. The van der Waals surface area contributed by atoms with Crippen LogP contribution in [0.25, 0.3) is 0 Å². The third-order valence-corrected chi connectivity index (χ3v) is 6.47. The maximum atomic E-state index is 12.4. The summed E-state index contributed by atoms with van der Waals surface area (Å²) < 4.78 is 0. The van der Waals surface area contributed by atoms with Crippen molar-refractivity contribution in [1.82, 2.24) is 5.43 Å². The molecule has 2 aliphatic carbocycles. The molecule has 1 aromatic heterocycles. The summed E-state index contributed by atoms with van der Waals surface area (Å²) in [5, 5.41) is 4.42. The number of carbonyl (C=O) groups is 1. The van der Waals surface area contributed by atoms with Crippen LogP contribution in [0.3, 0.4) is 0 Å². The summed E-state index contributed by atoms with van der Waals surface area (Å²) in [5.41, 5.74) is 5.38. The largest absolute Gasteiger partial charge is 0.281 e. The molecule has 0 spiro atoms. The van der Waals surface area contributed by atoms with Crippen LogP contribution < -0.4 is 5.43 Å². The number of aryl methyl sites for hydroxylation is 1. The van der Waals surface area contributed by atoms with Gasteiger partial charge in [0.05, 0.1) is 4.88 Å². The molecule has 3 rings (SSSR count). The quantitative estimate of drug-likeness (QED) is 0.769. The molecule has 1 saturated carbocycles. The second-order valence-electron chi connectivity index (χ2n) is 6.96. The standard InChI is InChI=1S/C19H28N2OS/c1-2-14-10-11-17-15(12-14)13-18(23-17)19(22)21-20-16-8-6-4-3-5-7-9-16/h13-14H,2-12H2,1H3,(H,21,22)/t14-/m0/s1. The molecule has 126 valence electrons. The van der Waals surface area contributed by atoms with E-state index in [4.69, 9.17) is 0 Å². The molecule has 0 unspecified atom stereocenters. The number of nitrogens with zero attached hydrogens (tertiary/aromatic N) is 1. The van der Waals surface area contributed by atoms with Crippen molar-refractivity contribution in [2.45, 2.75) is 77.6 Å².